The van der Waals surface area contributed by atoms with Gasteiger partial charge in [-0.15, -0.1) is 0 Å². The van der Waals surface area contributed by atoms with Gasteiger partial charge < -0.3 is 25.0 Å². The van der Waals surface area contributed by atoms with E-state index in [4.69, 9.17) is 4.74 Å². The molecule has 7 nitrogen and oxygen atoms in total. The third-order valence-electron chi connectivity index (χ3n) is 4.61. The number of anilines is 3. The van der Waals surface area contributed by atoms with E-state index in [1.807, 2.05) is 30.3 Å². The van der Waals surface area contributed by atoms with E-state index in [0.29, 0.717) is 5.69 Å². The first-order chi connectivity index (χ1) is 13.0. The van der Waals surface area contributed by atoms with Crippen molar-refractivity contribution in [2.45, 2.75) is 6.92 Å². The number of ether oxygens (including phenoxy) is 1. The molecular weight excluding hydrogens is 346 g/mol. The fourth-order valence-corrected chi connectivity index (χ4v) is 3.30. The van der Waals surface area contributed by atoms with Crippen LogP contribution in [0.15, 0.2) is 42.5 Å². The lowest BCUT2D eigenvalue weighted by molar-refractivity contribution is -0.114. The van der Waals surface area contributed by atoms with Gasteiger partial charge in [-0.05, 0) is 30.3 Å². The number of nitrogens with one attached hydrogen (secondary N) is 1. The van der Waals surface area contributed by atoms with Gasteiger partial charge in [0.2, 0.25) is 5.91 Å². The molecule has 1 fully saturated rings. The van der Waals surface area contributed by atoms with Gasteiger partial charge in [-0.2, -0.15) is 0 Å². The summed E-state index contributed by atoms with van der Waals surface area (Å²) in [7, 11) is 1.67. The lowest BCUT2D eigenvalue weighted by atomic mass is 10.1. The topological polar surface area (TPSA) is 82.1 Å². The van der Waals surface area contributed by atoms with Gasteiger partial charge in [0.1, 0.15) is 5.75 Å². The van der Waals surface area contributed by atoms with Crippen molar-refractivity contribution in [3.8, 4) is 5.75 Å². The minimum atomic E-state index is -1.06. The van der Waals surface area contributed by atoms with Gasteiger partial charge in [0.05, 0.1) is 24.0 Å². The summed E-state index contributed by atoms with van der Waals surface area (Å²) in [4.78, 5) is 27.2. The van der Waals surface area contributed by atoms with Crippen molar-refractivity contribution in [3.05, 3.63) is 48.0 Å². The third-order valence-corrected chi connectivity index (χ3v) is 4.61. The first kappa shape index (κ1) is 18.6. The highest BCUT2D eigenvalue weighted by Crippen LogP contribution is 2.30. The van der Waals surface area contributed by atoms with Crippen molar-refractivity contribution in [3.63, 3.8) is 0 Å². The van der Waals surface area contributed by atoms with E-state index in [9.17, 15) is 14.7 Å². The maximum absolute atomic E-state index is 11.6. The molecule has 1 heterocycles. The number of aromatic carboxylic acids is 1. The number of carboxylic acid groups (broad SMARTS) is 1. The van der Waals surface area contributed by atoms with Crippen LogP contribution in [0.4, 0.5) is 17.1 Å². The van der Waals surface area contributed by atoms with E-state index >= 15 is 0 Å². The predicted molar refractivity (Wildman–Crippen MR) is 105 cm³/mol. The zero-order valence-electron chi connectivity index (χ0n) is 15.4. The van der Waals surface area contributed by atoms with E-state index in [-0.39, 0.29) is 11.5 Å². The van der Waals surface area contributed by atoms with E-state index < -0.39 is 5.97 Å². The minimum Gasteiger partial charge on any atom is -0.495 e. The molecule has 1 saturated heterocycles. The zero-order chi connectivity index (χ0) is 19.4. The standard InChI is InChI=1S/C20H23N3O4/c1-14(24)21-17-8-7-15(13-16(17)20(25)26)22-9-11-23(12-10-22)18-5-3-4-6-19(18)27-2/h3-8,13H,9-12H2,1-2H3,(H,21,24)(H,25,26). The molecule has 3 rings (SSSR count). The zero-order valence-corrected chi connectivity index (χ0v) is 15.4. The van der Waals surface area contributed by atoms with Crippen LogP contribution in [-0.4, -0.2) is 50.3 Å². The molecule has 0 spiro atoms. The second kappa shape index (κ2) is 7.99. The molecule has 7 heteroatoms. The molecular formula is C20H23N3O4. The van der Waals surface area contributed by atoms with Crippen molar-refractivity contribution >= 4 is 28.9 Å². The Kier molecular flexibility index (Phi) is 5.49. The number of carbonyl (C=O) groups excluding carboxylic acids is 1. The number of rotatable bonds is 5. The van der Waals surface area contributed by atoms with Crippen LogP contribution in [0.25, 0.3) is 0 Å². The van der Waals surface area contributed by atoms with E-state index in [1.54, 1.807) is 19.2 Å². The van der Waals surface area contributed by atoms with Crippen LogP contribution in [0.5, 0.6) is 5.75 Å². The Balaban J connectivity index is 1.75. The Morgan fingerprint density at radius 2 is 1.70 bits per heavy atom. The first-order valence-corrected chi connectivity index (χ1v) is 8.77. The number of benzene rings is 2. The van der Waals surface area contributed by atoms with Crippen LogP contribution in [0.3, 0.4) is 0 Å². The van der Waals surface area contributed by atoms with Crippen LogP contribution >= 0.6 is 0 Å². The highest BCUT2D eigenvalue weighted by molar-refractivity contribution is 6.00. The van der Waals surface area contributed by atoms with Crippen LogP contribution in [0, 0.1) is 0 Å². The average molecular weight is 369 g/mol. The van der Waals surface area contributed by atoms with Crippen LogP contribution in [0.2, 0.25) is 0 Å². The van der Waals surface area contributed by atoms with Gasteiger partial charge in [-0.1, -0.05) is 12.1 Å². The fraction of sp³-hybridized carbons (Fsp3) is 0.300. The van der Waals surface area contributed by atoms with Crippen LogP contribution in [-0.2, 0) is 4.79 Å². The van der Waals surface area contributed by atoms with Crippen molar-refractivity contribution in [1.29, 1.82) is 0 Å². The maximum atomic E-state index is 11.6. The normalized spacial score (nSPS) is 14.0. The number of carboxylic acids is 1. The summed E-state index contributed by atoms with van der Waals surface area (Å²) in [5.74, 6) is -0.511. The lowest BCUT2D eigenvalue weighted by Gasteiger charge is -2.38. The van der Waals surface area contributed by atoms with Gasteiger partial charge in [0.15, 0.2) is 0 Å². The number of carbonyl (C=O) groups is 2. The highest BCUT2D eigenvalue weighted by atomic mass is 16.5. The third kappa shape index (κ3) is 4.13. The molecule has 2 N–H and O–H groups in total. The SMILES string of the molecule is COc1ccccc1N1CCN(c2ccc(NC(C)=O)c(C(=O)O)c2)CC1. The van der Waals surface area contributed by atoms with E-state index in [0.717, 1.165) is 43.3 Å². The number of hydrogen-bond donors (Lipinski definition) is 2. The molecule has 2 aromatic carbocycles. The number of nitrogens with zero attached hydrogens (tertiary/aromatic N) is 2. The average Bonchev–Trinajstić information content (AvgIpc) is 2.68. The molecule has 0 saturated carbocycles. The van der Waals surface area contributed by atoms with Crippen molar-refractivity contribution < 1.29 is 19.4 Å². The van der Waals surface area contributed by atoms with Crippen molar-refractivity contribution in [1.82, 2.24) is 0 Å². The molecule has 1 aliphatic rings. The van der Waals surface area contributed by atoms with Crippen LogP contribution < -0.4 is 19.9 Å². The Labute approximate surface area is 158 Å². The molecule has 2 aromatic rings. The smallest absolute Gasteiger partial charge is 0.337 e. The molecule has 1 aliphatic heterocycles. The van der Waals surface area contributed by atoms with Crippen molar-refractivity contribution in [2.75, 3.05) is 48.4 Å². The second-order valence-electron chi connectivity index (χ2n) is 6.36. The molecule has 0 bridgehead atoms. The first-order valence-electron chi connectivity index (χ1n) is 8.77. The molecule has 27 heavy (non-hydrogen) atoms. The molecule has 0 unspecified atom stereocenters. The summed E-state index contributed by atoms with van der Waals surface area (Å²) < 4.78 is 5.44. The minimum absolute atomic E-state index is 0.0925. The molecule has 0 radical (unpaired) electrons. The van der Waals surface area contributed by atoms with Gasteiger partial charge in [0.25, 0.3) is 0 Å². The second-order valence-corrected chi connectivity index (χ2v) is 6.36. The number of amides is 1. The largest absolute Gasteiger partial charge is 0.495 e. The number of piperazine rings is 1. The Morgan fingerprint density at radius 1 is 1.04 bits per heavy atom. The fourth-order valence-electron chi connectivity index (χ4n) is 3.30. The monoisotopic (exact) mass is 369 g/mol. The molecule has 142 valence electrons. The number of hydrogen-bond acceptors (Lipinski definition) is 5. The van der Waals surface area contributed by atoms with E-state index in [2.05, 4.69) is 15.1 Å². The molecule has 1 amide bonds. The summed E-state index contributed by atoms with van der Waals surface area (Å²) in [5, 5.41) is 12.0. The summed E-state index contributed by atoms with van der Waals surface area (Å²) in [5.41, 5.74) is 2.30. The van der Waals surface area contributed by atoms with Gasteiger partial charge >= 0.3 is 5.97 Å². The Morgan fingerprint density at radius 3 is 2.33 bits per heavy atom. The van der Waals surface area contributed by atoms with Crippen LogP contribution in [0.1, 0.15) is 17.3 Å². The number of methoxy groups -OCH3 is 1. The molecule has 0 aliphatic carbocycles. The van der Waals surface area contributed by atoms with E-state index in [1.165, 1.54) is 6.92 Å². The highest BCUT2D eigenvalue weighted by Gasteiger charge is 2.21. The summed E-state index contributed by atoms with van der Waals surface area (Å²) in [6.45, 7) is 4.48. The van der Waals surface area contributed by atoms with Crippen molar-refractivity contribution in [2.24, 2.45) is 0 Å². The summed E-state index contributed by atoms with van der Waals surface area (Å²) in [6.07, 6.45) is 0. The predicted octanol–water partition coefficient (Wildman–Crippen LogP) is 2.68. The maximum Gasteiger partial charge on any atom is 0.337 e. The number of para-hydroxylation sites is 2. The quantitative estimate of drug-likeness (QED) is 0.843. The molecule has 0 atom stereocenters. The molecule has 0 aromatic heterocycles. The summed E-state index contributed by atoms with van der Waals surface area (Å²) >= 11 is 0. The lowest BCUT2D eigenvalue weighted by Crippen LogP contribution is -2.46. The van der Waals surface area contributed by atoms with Gasteiger partial charge in [0, 0.05) is 38.8 Å². The Hall–Kier alpha value is -3.22. The van der Waals surface area contributed by atoms with Gasteiger partial charge in [-0.25, -0.2) is 4.79 Å². The summed E-state index contributed by atoms with van der Waals surface area (Å²) in [6, 6.07) is 13.0. The Bertz CT molecular complexity index is 845. The van der Waals surface area contributed by atoms with Gasteiger partial charge in [-0.3, -0.25) is 4.79 Å².